The third-order valence-corrected chi connectivity index (χ3v) is 3.11. The predicted molar refractivity (Wildman–Crippen MR) is 52.7 cm³/mol. The van der Waals surface area contributed by atoms with Gasteiger partial charge in [0.25, 0.3) is 0 Å². The van der Waals surface area contributed by atoms with Crippen LogP contribution in [0.5, 0.6) is 0 Å². The minimum atomic E-state index is -0.193. The zero-order valence-electron chi connectivity index (χ0n) is 7.92. The molecule has 2 rings (SSSR count). The molecule has 1 aromatic rings. The number of carbonyl (C=O) groups is 1. The van der Waals surface area contributed by atoms with E-state index in [1.165, 1.54) is 5.56 Å². The summed E-state index contributed by atoms with van der Waals surface area (Å²) in [5, 5.41) is 0. The molecule has 1 aromatic carbocycles. The molecule has 0 radical (unpaired) electrons. The lowest BCUT2D eigenvalue weighted by Gasteiger charge is -2.21. The molecule has 1 aliphatic carbocycles. The molecule has 0 N–H and O–H groups in total. The molecule has 1 atom stereocenters. The Balaban J connectivity index is 2.40. The van der Waals surface area contributed by atoms with Crippen LogP contribution in [0.4, 0.5) is 0 Å². The maximum absolute atomic E-state index is 11.7. The second-order valence-corrected chi connectivity index (χ2v) is 3.97. The molecule has 1 aliphatic rings. The first-order valence-corrected chi connectivity index (χ1v) is 4.82. The van der Waals surface area contributed by atoms with Crippen molar-refractivity contribution in [2.45, 2.75) is 31.6 Å². The highest BCUT2D eigenvalue weighted by atomic mass is 16.1. The fourth-order valence-corrected chi connectivity index (χ4v) is 2.13. The predicted octanol–water partition coefficient (Wildman–Crippen LogP) is 2.70. The summed E-state index contributed by atoms with van der Waals surface area (Å²) >= 11 is 0. The number of Topliss-reactive ketones (excluding diaryl/α,β-unsaturated/α-hetero) is 1. The quantitative estimate of drug-likeness (QED) is 0.639. The van der Waals surface area contributed by atoms with Crippen molar-refractivity contribution in [1.29, 1.82) is 0 Å². The molecular weight excluding hydrogens is 160 g/mol. The van der Waals surface area contributed by atoms with Gasteiger partial charge >= 0.3 is 0 Å². The summed E-state index contributed by atoms with van der Waals surface area (Å²) in [4.78, 5) is 11.7. The van der Waals surface area contributed by atoms with Crippen molar-refractivity contribution >= 4 is 5.78 Å². The van der Waals surface area contributed by atoms with Crippen LogP contribution in [0.15, 0.2) is 30.3 Å². The largest absolute Gasteiger partial charge is 0.299 e. The summed E-state index contributed by atoms with van der Waals surface area (Å²) < 4.78 is 0. The summed E-state index contributed by atoms with van der Waals surface area (Å²) in [7, 11) is 0. The zero-order valence-corrected chi connectivity index (χ0v) is 7.92. The van der Waals surface area contributed by atoms with Crippen molar-refractivity contribution in [2.24, 2.45) is 0 Å². The molecule has 0 heterocycles. The van der Waals surface area contributed by atoms with E-state index in [-0.39, 0.29) is 5.41 Å². The average molecular weight is 174 g/mol. The second kappa shape index (κ2) is 2.99. The van der Waals surface area contributed by atoms with Crippen molar-refractivity contribution in [3.05, 3.63) is 35.9 Å². The second-order valence-electron chi connectivity index (χ2n) is 3.97. The fourth-order valence-electron chi connectivity index (χ4n) is 2.13. The summed E-state index contributed by atoms with van der Waals surface area (Å²) in [5.41, 5.74) is 0.985. The fraction of sp³-hybridized carbons (Fsp3) is 0.417. The van der Waals surface area contributed by atoms with Gasteiger partial charge in [-0.2, -0.15) is 0 Å². The van der Waals surface area contributed by atoms with E-state index in [4.69, 9.17) is 0 Å². The summed E-state index contributed by atoms with van der Waals surface area (Å²) in [5.74, 6) is 0.402. The van der Waals surface area contributed by atoms with Gasteiger partial charge in [0.05, 0.1) is 5.41 Å². The van der Waals surface area contributed by atoms with Gasteiger partial charge in [-0.1, -0.05) is 30.3 Å². The summed E-state index contributed by atoms with van der Waals surface area (Å²) in [6.45, 7) is 2.07. The van der Waals surface area contributed by atoms with E-state index in [0.29, 0.717) is 5.78 Å². The van der Waals surface area contributed by atoms with E-state index in [0.717, 1.165) is 19.3 Å². The smallest absolute Gasteiger partial charge is 0.143 e. The Morgan fingerprint density at radius 3 is 2.46 bits per heavy atom. The van der Waals surface area contributed by atoms with Crippen molar-refractivity contribution in [1.82, 2.24) is 0 Å². The molecule has 1 fully saturated rings. The van der Waals surface area contributed by atoms with Gasteiger partial charge in [0.1, 0.15) is 5.78 Å². The third-order valence-electron chi connectivity index (χ3n) is 3.11. The van der Waals surface area contributed by atoms with Crippen molar-refractivity contribution < 1.29 is 4.79 Å². The van der Waals surface area contributed by atoms with Crippen molar-refractivity contribution in [3.8, 4) is 0 Å². The molecule has 0 aliphatic heterocycles. The average Bonchev–Trinajstić information content (AvgIpc) is 2.50. The van der Waals surface area contributed by atoms with Gasteiger partial charge < -0.3 is 0 Å². The van der Waals surface area contributed by atoms with E-state index in [1.807, 2.05) is 18.2 Å². The number of hydrogen-bond donors (Lipinski definition) is 0. The van der Waals surface area contributed by atoms with Crippen LogP contribution in [-0.4, -0.2) is 5.78 Å². The highest BCUT2D eigenvalue weighted by molar-refractivity contribution is 5.91. The standard InChI is InChI=1S/C12H14O/c1-12(9-5-8-11(12)13)10-6-3-2-4-7-10/h2-4,6-7H,5,8-9H2,1H3/t12-/m0/s1. The van der Waals surface area contributed by atoms with E-state index in [9.17, 15) is 4.79 Å². The minimum Gasteiger partial charge on any atom is -0.299 e. The molecule has 1 saturated carbocycles. The maximum atomic E-state index is 11.7. The molecule has 0 bridgehead atoms. The lowest BCUT2D eigenvalue weighted by molar-refractivity contribution is -0.121. The first-order valence-electron chi connectivity index (χ1n) is 4.82. The Kier molecular flexibility index (Phi) is 1.95. The molecule has 0 saturated heterocycles. The Hall–Kier alpha value is -1.11. The first kappa shape index (κ1) is 8.49. The number of rotatable bonds is 1. The molecule has 1 heteroatoms. The van der Waals surface area contributed by atoms with Gasteiger partial charge in [0.15, 0.2) is 0 Å². The number of ketones is 1. The lowest BCUT2D eigenvalue weighted by atomic mass is 9.80. The lowest BCUT2D eigenvalue weighted by Crippen LogP contribution is -2.26. The van der Waals surface area contributed by atoms with E-state index < -0.39 is 0 Å². The van der Waals surface area contributed by atoms with Crippen LogP contribution in [0, 0.1) is 0 Å². The van der Waals surface area contributed by atoms with Crippen LogP contribution in [0.3, 0.4) is 0 Å². The van der Waals surface area contributed by atoms with Gasteiger partial charge in [0.2, 0.25) is 0 Å². The Morgan fingerprint density at radius 1 is 1.23 bits per heavy atom. The highest BCUT2D eigenvalue weighted by Crippen LogP contribution is 2.37. The number of hydrogen-bond acceptors (Lipinski definition) is 1. The van der Waals surface area contributed by atoms with Gasteiger partial charge in [0, 0.05) is 6.42 Å². The normalized spacial score (nSPS) is 27.9. The topological polar surface area (TPSA) is 17.1 Å². The van der Waals surface area contributed by atoms with Crippen LogP contribution in [-0.2, 0) is 10.2 Å². The van der Waals surface area contributed by atoms with Gasteiger partial charge in [-0.15, -0.1) is 0 Å². The first-order chi connectivity index (χ1) is 6.23. The Bertz CT molecular complexity index is 315. The molecule has 0 amide bonds. The van der Waals surface area contributed by atoms with Gasteiger partial charge in [-0.25, -0.2) is 0 Å². The maximum Gasteiger partial charge on any atom is 0.143 e. The van der Waals surface area contributed by atoms with Crippen LogP contribution in [0.25, 0.3) is 0 Å². The van der Waals surface area contributed by atoms with Crippen LogP contribution < -0.4 is 0 Å². The summed E-state index contributed by atoms with van der Waals surface area (Å²) in [6.07, 6.45) is 2.81. The molecule has 0 spiro atoms. The Morgan fingerprint density at radius 2 is 1.92 bits per heavy atom. The van der Waals surface area contributed by atoms with Crippen molar-refractivity contribution in [3.63, 3.8) is 0 Å². The molecule has 68 valence electrons. The SMILES string of the molecule is C[C@@]1(c2ccccc2)CCCC1=O. The van der Waals surface area contributed by atoms with Crippen LogP contribution >= 0.6 is 0 Å². The molecule has 1 nitrogen and oxygen atoms in total. The molecule has 0 unspecified atom stereocenters. The van der Waals surface area contributed by atoms with E-state index >= 15 is 0 Å². The van der Waals surface area contributed by atoms with E-state index in [2.05, 4.69) is 19.1 Å². The van der Waals surface area contributed by atoms with Gasteiger partial charge in [-0.3, -0.25) is 4.79 Å². The molecule has 0 aromatic heterocycles. The number of carbonyl (C=O) groups excluding carboxylic acids is 1. The molecular formula is C12H14O. The number of benzene rings is 1. The third kappa shape index (κ3) is 1.28. The zero-order chi connectivity index (χ0) is 9.31. The van der Waals surface area contributed by atoms with Gasteiger partial charge in [-0.05, 0) is 25.3 Å². The Labute approximate surface area is 78.8 Å². The minimum absolute atomic E-state index is 0.193. The van der Waals surface area contributed by atoms with E-state index in [1.54, 1.807) is 0 Å². The highest BCUT2D eigenvalue weighted by Gasteiger charge is 2.38. The summed E-state index contributed by atoms with van der Waals surface area (Å²) in [6, 6.07) is 10.1. The van der Waals surface area contributed by atoms with Crippen molar-refractivity contribution in [2.75, 3.05) is 0 Å². The van der Waals surface area contributed by atoms with Crippen LogP contribution in [0.1, 0.15) is 31.7 Å². The van der Waals surface area contributed by atoms with Crippen LogP contribution in [0.2, 0.25) is 0 Å². The molecule has 13 heavy (non-hydrogen) atoms. The monoisotopic (exact) mass is 174 g/mol.